The second kappa shape index (κ2) is 6.35. The van der Waals surface area contributed by atoms with Crippen LogP contribution in [0, 0.1) is 5.41 Å². The maximum Gasteiger partial charge on any atom is 0.251 e. The van der Waals surface area contributed by atoms with Crippen LogP contribution >= 0.6 is 0 Å². The predicted molar refractivity (Wildman–Crippen MR) is 69.5 cm³/mol. The van der Waals surface area contributed by atoms with E-state index in [1.165, 1.54) is 12.3 Å². The van der Waals surface area contributed by atoms with Crippen molar-refractivity contribution < 1.29 is 9.90 Å². The molecule has 0 fully saturated rings. The topological polar surface area (TPSA) is 82.2 Å². The number of aliphatic hydroxyl groups is 1. The van der Waals surface area contributed by atoms with Gasteiger partial charge in [0, 0.05) is 31.0 Å². The summed E-state index contributed by atoms with van der Waals surface area (Å²) >= 11 is 0. The van der Waals surface area contributed by atoms with E-state index in [9.17, 15) is 9.59 Å². The highest BCUT2D eigenvalue weighted by molar-refractivity contribution is 5.93. The number of hydrogen-bond acceptors (Lipinski definition) is 3. The zero-order chi connectivity index (χ0) is 13.6. The van der Waals surface area contributed by atoms with Crippen LogP contribution in [0.5, 0.6) is 0 Å². The third kappa shape index (κ3) is 4.71. The van der Waals surface area contributed by atoms with Gasteiger partial charge in [-0.2, -0.15) is 0 Å². The molecule has 5 nitrogen and oxygen atoms in total. The summed E-state index contributed by atoms with van der Waals surface area (Å²) in [5.41, 5.74) is -0.00143. The van der Waals surface area contributed by atoms with Crippen LogP contribution in [0.4, 0.5) is 0 Å². The normalized spacial score (nSPS) is 11.3. The summed E-state index contributed by atoms with van der Waals surface area (Å²) in [5, 5.41) is 11.6. The van der Waals surface area contributed by atoms with E-state index < -0.39 is 0 Å². The monoisotopic (exact) mass is 252 g/mol. The van der Waals surface area contributed by atoms with Crippen molar-refractivity contribution in [3.8, 4) is 0 Å². The summed E-state index contributed by atoms with van der Waals surface area (Å²) in [7, 11) is 0. The van der Waals surface area contributed by atoms with Crippen molar-refractivity contribution >= 4 is 5.91 Å². The Morgan fingerprint density at radius 3 is 2.83 bits per heavy atom. The molecule has 0 aliphatic carbocycles. The Bertz CT molecular complexity index is 452. The third-order valence-corrected chi connectivity index (χ3v) is 2.78. The number of aromatic nitrogens is 1. The number of H-pyrrole nitrogens is 1. The van der Waals surface area contributed by atoms with Gasteiger partial charge in [-0.1, -0.05) is 13.8 Å². The van der Waals surface area contributed by atoms with Crippen LogP contribution < -0.4 is 10.9 Å². The molecule has 0 radical (unpaired) electrons. The Hall–Kier alpha value is -1.62. The highest BCUT2D eigenvalue weighted by Crippen LogP contribution is 2.20. The van der Waals surface area contributed by atoms with Gasteiger partial charge in [0.15, 0.2) is 0 Å². The molecule has 18 heavy (non-hydrogen) atoms. The molecule has 0 bridgehead atoms. The minimum absolute atomic E-state index is 0.0699. The minimum Gasteiger partial charge on any atom is -0.396 e. The Balaban J connectivity index is 2.53. The molecule has 0 aromatic carbocycles. The van der Waals surface area contributed by atoms with E-state index in [4.69, 9.17) is 5.11 Å². The molecule has 3 N–H and O–H groups in total. The molecule has 5 heteroatoms. The van der Waals surface area contributed by atoms with Crippen LogP contribution in [0.15, 0.2) is 23.1 Å². The third-order valence-electron chi connectivity index (χ3n) is 2.78. The molecule has 0 aliphatic rings. The molecule has 1 rings (SSSR count). The fourth-order valence-corrected chi connectivity index (χ4v) is 1.65. The van der Waals surface area contributed by atoms with Crippen LogP contribution in [0.25, 0.3) is 0 Å². The summed E-state index contributed by atoms with van der Waals surface area (Å²) in [6.07, 6.45) is 3.00. The number of carbonyl (C=O) groups excluding carboxylic acids is 1. The van der Waals surface area contributed by atoms with Crippen LogP contribution in [-0.4, -0.2) is 29.1 Å². The Morgan fingerprint density at radius 2 is 2.22 bits per heavy atom. The van der Waals surface area contributed by atoms with E-state index in [0.29, 0.717) is 18.5 Å². The molecule has 0 spiro atoms. The predicted octanol–water partition coefficient (Wildman–Crippen LogP) is 0.903. The van der Waals surface area contributed by atoms with Crippen molar-refractivity contribution in [1.29, 1.82) is 0 Å². The van der Waals surface area contributed by atoms with Gasteiger partial charge in [-0.25, -0.2) is 0 Å². The summed E-state index contributed by atoms with van der Waals surface area (Å²) in [6, 6.07) is 2.84. The molecular weight excluding hydrogens is 232 g/mol. The van der Waals surface area contributed by atoms with Crippen LogP contribution in [0.3, 0.4) is 0 Å². The number of amides is 1. The van der Waals surface area contributed by atoms with E-state index in [0.717, 1.165) is 6.42 Å². The standard InChI is InChI=1S/C13H20N2O3/c1-13(2,5-3-7-16)9-15-12(18)10-4-6-14-11(17)8-10/h4,6,8,16H,3,5,7,9H2,1-2H3,(H,14,17)(H,15,18). The van der Waals surface area contributed by atoms with Gasteiger partial charge in [0.2, 0.25) is 5.56 Å². The summed E-state index contributed by atoms with van der Waals surface area (Å²) in [5.74, 6) is -0.252. The van der Waals surface area contributed by atoms with E-state index in [1.807, 2.05) is 13.8 Å². The molecule has 100 valence electrons. The summed E-state index contributed by atoms with van der Waals surface area (Å²) in [6.45, 7) is 4.73. The van der Waals surface area contributed by atoms with Crippen molar-refractivity contribution in [1.82, 2.24) is 10.3 Å². The van der Waals surface area contributed by atoms with Crippen molar-refractivity contribution in [2.45, 2.75) is 26.7 Å². The van der Waals surface area contributed by atoms with Gasteiger partial charge in [-0.05, 0) is 24.3 Å². The molecule has 0 atom stereocenters. The van der Waals surface area contributed by atoms with Gasteiger partial charge in [0.1, 0.15) is 0 Å². The molecule has 1 heterocycles. The molecular formula is C13H20N2O3. The quantitative estimate of drug-likeness (QED) is 0.703. The Labute approximate surface area is 106 Å². The number of carbonyl (C=O) groups is 1. The van der Waals surface area contributed by atoms with Crippen LogP contribution in [0.1, 0.15) is 37.0 Å². The first kappa shape index (κ1) is 14.4. The largest absolute Gasteiger partial charge is 0.396 e. The molecule has 0 saturated carbocycles. The van der Waals surface area contributed by atoms with Crippen molar-refractivity contribution in [3.05, 3.63) is 34.2 Å². The molecule has 0 saturated heterocycles. The maximum absolute atomic E-state index is 11.8. The number of aliphatic hydroxyl groups excluding tert-OH is 1. The lowest BCUT2D eigenvalue weighted by Gasteiger charge is -2.24. The lowest BCUT2D eigenvalue weighted by atomic mass is 9.88. The zero-order valence-corrected chi connectivity index (χ0v) is 10.8. The first-order chi connectivity index (χ1) is 8.44. The maximum atomic E-state index is 11.8. The van der Waals surface area contributed by atoms with Gasteiger partial charge in [-0.3, -0.25) is 9.59 Å². The molecule has 0 unspecified atom stereocenters. The number of pyridine rings is 1. The Morgan fingerprint density at radius 1 is 1.50 bits per heavy atom. The van der Waals surface area contributed by atoms with Crippen molar-refractivity contribution in [2.24, 2.45) is 5.41 Å². The average Bonchev–Trinajstić information content (AvgIpc) is 2.34. The zero-order valence-electron chi connectivity index (χ0n) is 10.8. The lowest BCUT2D eigenvalue weighted by Crippen LogP contribution is -2.34. The minimum atomic E-state index is -0.290. The first-order valence-corrected chi connectivity index (χ1v) is 6.02. The molecule has 1 aromatic rings. The number of hydrogen-bond donors (Lipinski definition) is 3. The molecule has 1 aromatic heterocycles. The van der Waals surface area contributed by atoms with E-state index in [1.54, 1.807) is 6.07 Å². The number of rotatable bonds is 6. The van der Waals surface area contributed by atoms with Crippen LogP contribution in [0.2, 0.25) is 0 Å². The van der Waals surface area contributed by atoms with Crippen LogP contribution in [-0.2, 0) is 0 Å². The second-order valence-corrected chi connectivity index (χ2v) is 5.12. The van der Waals surface area contributed by atoms with Gasteiger partial charge in [-0.15, -0.1) is 0 Å². The SMILES string of the molecule is CC(C)(CCCO)CNC(=O)c1cc[nH]c(=O)c1. The van der Waals surface area contributed by atoms with Gasteiger partial charge >= 0.3 is 0 Å². The highest BCUT2D eigenvalue weighted by atomic mass is 16.3. The van der Waals surface area contributed by atoms with Crippen molar-refractivity contribution in [3.63, 3.8) is 0 Å². The van der Waals surface area contributed by atoms with E-state index >= 15 is 0 Å². The average molecular weight is 252 g/mol. The summed E-state index contributed by atoms with van der Waals surface area (Å²) in [4.78, 5) is 25.3. The fourth-order valence-electron chi connectivity index (χ4n) is 1.65. The van der Waals surface area contributed by atoms with Crippen molar-refractivity contribution in [2.75, 3.05) is 13.2 Å². The molecule has 0 aliphatic heterocycles. The van der Waals surface area contributed by atoms with E-state index in [2.05, 4.69) is 10.3 Å². The highest BCUT2D eigenvalue weighted by Gasteiger charge is 2.18. The number of aromatic amines is 1. The van der Waals surface area contributed by atoms with Gasteiger partial charge < -0.3 is 15.4 Å². The fraction of sp³-hybridized carbons (Fsp3) is 0.538. The summed E-state index contributed by atoms with van der Waals surface area (Å²) < 4.78 is 0. The van der Waals surface area contributed by atoms with Gasteiger partial charge in [0.05, 0.1) is 0 Å². The van der Waals surface area contributed by atoms with Gasteiger partial charge in [0.25, 0.3) is 5.91 Å². The lowest BCUT2D eigenvalue weighted by molar-refractivity contribution is 0.0932. The second-order valence-electron chi connectivity index (χ2n) is 5.12. The van der Waals surface area contributed by atoms with E-state index in [-0.39, 0.29) is 23.5 Å². The number of nitrogens with one attached hydrogen (secondary N) is 2. The smallest absolute Gasteiger partial charge is 0.251 e. The molecule has 1 amide bonds. The Kier molecular flexibility index (Phi) is 5.09. The first-order valence-electron chi connectivity index (χ1n) is 6.02.